The zero-order chi connectivity index (χ0) is 20.1. The van der Waals surface area contributed by atoms with Gasteiger partial charge in [0.1, 0.15) is 6.10 Å². The molecule has 30 heavy (non-hydrogen) atoms. The average molecular weight is 425 g/mol. The number of nitrogens with zero attached hydrogens (tertiary/aromatic N) is 5. The Bertz CT molecular complexity index is 1190. The van der Waals surface area contributed by atoms with Crippen LogP contribution in [0.3, 0.4) is 0 Å². The lowest BCUT2D eigenvalue weighted by Crippen LogP contribution is -2.32. The highest BCUT2D eigenvalue weighted by molar-refractivity contribution is 6.33. The second kappa shape index (κ2) is 7.05. The number of aromatic nitrogens is 6. The third kappa shape index (κ3) is 3.02. The number of rotatable bonds is 4. The third-order valence-electron chi connectivity index (χ3n) is 5.35. The van der Waals surface area contributed by atoms with Gasteiger partial charge in [0.2, 0.25) is 0 Å². The molecule has 0 bridgehead atoms. The van der Waals surface area contributed by atoms with E-state index in [0.29, 0.717) is 46.9 Å². The first-order valence-electron chi connectivity index (χ1n) is 9.67. The second-order valence-electron chi connectivity index (χ2n) is 7.24. The summed E-state index contributed by atoms with van der Waals surface area (Å²) in [5.41, 5.74) is 2.60. The van der Waals surface area contributed by atoms with Crippen molar-refractivity contribution < 1.29 is 14.2 Å². The lowest BCUT2D eigenvalue weighted by atomic mass is 10.1. The fourth-order valence-corrected chi connectivity index (χ4v) is 4.15. The lowest BCUT2D eigenvalue weighted by Gasteiger charge is -2.15. The number of aromatic amines is 1. The Balaban J connectivity index is 1.28. The Hall–Kier alpha value is -3.01. The van der Waals surface area contributed by atoms with Crippen LogP contribution >= 0.6 is 11.6 Å². The third-order valence-corrected chi connectivity index (χ3v) is 5.64. The van der Waals surface area contributed by atoms with Crippen molar-refractivity contribution in [3.8, 4) is 23.1 Å². The molecule has 4 aromatic heterocycles. The second-order valence-corrected chi connectivity index (χ2v) is 7.65. The summed E-state index contributed by atoms with van der Waals surface area (Å²) >= 11 is 6.49. The van der Waals surface area contributed by atoms with E-state index in [1.165, 1.54) is 0 Å². The first kappa shape index (κ1) is 17.8. The maximum Gasteiger partial charge on any atom is 0.296 e. The fraction of sp³-hybridized carbons (Fsp3) is 0.300. The number of H-pyrrole nitrogens is 1. The lowest BCUT2D eigenvalue weighted by molar-refractivity contribution is 0.0273. The molecule has 2 aliphatic rings. The highest BCUT2D eigenvalue weighted by atomic mass is 35.5. The molecule has 4 aromatic rings. The Morgan fingerprint density at radius 3 is 3.03 bits per heavy atom. The SMILES string of the molecule is Clc1cc2[nH]c(OC3CO[C@@H]4CCO[C@H]34)nc2nc1-c1ccc(-n2cccn2)nc1. The minimum atomic E-state index is -0.188. The Morgan fingerprint density at radius 1 is 1.23 bits per heavy atom. The summed E-state index contributed by atoms with van der Waals surface area (Å²) in [5, 5.41) is 4.67. The highest BCUT2D eigenvalue weighted by Gasteiger charge is 2.43. The number of halogens is 1. The largest absolute Gasteiger partial charge is 0.456 e. The van der Waals surface area contributed by atoms with Crippen molar-refractivity contribution in [1.82, 2.24) is 29.7 Å². The van der Waals surface area contributed by atoms with Gasteiger partial charge in [-0.15, -0.1) is 0 Å². The van der Waals surface area contributed by atoms with Crippen LogP contribution in [0.25, 0.3) is 28.2 Å². The van der Waals surface area contributed by atoms with E-state index in [2.05, 4.69) is 25.0 Å². The van der Waals surface area contributed by atoms with Gasteiger partial charge in [0.15, 0.2) is 17.6 Å². The number of hydrogen-bond acceptors (Lipinski definition) is 7. The van der Waals surface area contributed by atoms with Crippen LogP contribution in [-0.2, 0) is 9.47 Å². The predicted molar refractivity (Wildman–Crippen MR) is 108 cm³/mol. The summed E-state index contributed by atoms with van der Waals surface area (Å²) < 4.78 is 19.1. The maximum absolute atomic E-state index is 6.49. The first-order valence-corrected chi connectivity index (χ1v) is 10.0. The van der Waals surface area contributed by atoms with Gasteiger partial charge < -0.3 is 19.2 Å². The molecule has 1 N–H and O–H groups in total. The van der Waals surface area contributed by atoms with Crippen LogP contribution in [0.1, 0.15) is 6.42 Å². The van der Waals surface area contributed by atoms with Gasteiger partial charge in [0, 0.05) is 30.8 Å². The fourth-order valence-electron chi connectivity index (χ4n) is 3.89. The molecule has 2 fully saturated rings. The van der Waals surface area contributed by atoms with E-state index in [9.17, 15) is 0 Å². The van der Waals surface area contributed by atoms with Crippen molar-refractivity contribution in [2.45, 2.75) is 24.7 Å². The van der Waals surface area contributed by atoms with Crippen LogP contribution in [0.2, 0.25) is 5.02 Å². The van der Waals surface area contributed by atoms with Gasteiger partial charge in [-0.2, -0.15) is 10.1 Å². The monoisotopic (exact) mass is 424 g/mol. The van der Waals surface area contributed by atoms with Gasteiger partial charge in [0.05, 0.1) is 28.9 Å². The topological polar surface area (TPSA) is 100.0 Å². The van der Waals surface area contributed by atoms with E-state index in [1.807, 2.05) is 24.4 Å². The molecule has 9 nitrogen and oxygen atoms in total. The quantitative estimate of drug-likeness (QED) is 0.537. The van der Waals surface area contributed by atoms with E-state index in [4.69, 9.17) is 25.8 Å². The molecule has 0 radical (unpaired) electrons. The minimum Gasteiger partial charge on any atom is -0.456 e. The Kier molecular flexibility index (Phi) is 4.19. The molecule has 152 valence electrons. The van der Waals surface area contributed by atoms with Gasteiger partial charge in [-0.05, 0) is 30.7 Å². The predicted octanol–water partition coefficient (Wildman–Crippen LogP) is 2.79. The van der Waals surface area contributed by atoms with Crippen LogP contribution < -0.4 is 4.74 Å². The number of imidazole rings is 1. The van der Waals surface area contributed by atoms with Gasteiger partial charge in [-0.3, -0.25) is 0 Å². The van der Waals surface area contributed by atoms with Crippen LogP contribution in [0.5, 0.6) is 6.01 Å². The molecule has 2 saturated heterocycles. The van der Waals surface area contributed by atoms with Crippen LogP contribution in [0, 0.1) is 0 Å². The average Bonchev–Trinajstić information content (AvgIpc) is 3.54. The number of ether oxygens (including phenoxy) is 3. The summed E-state index contributed by atoms with van der Waals surface area (Å²) in [6, 6.07) is 7.78. The van der Waals surface area contributed by atoms with Crippen molar-refractivity contribution in [1.29, 1.82) is 0 Å². The molecule has 0 saturated carbocycles. The van der Waals surface area contributed by atoms with Gasteiger partial charge in [-0.25, -0.2) is 14.6 Å². The van der Waals surface area contributed by atoms with Crippen molar-refractivity contribution in [3.63, 3.8) is 0 Å². The molecular formula is C20H17ClN6O3. The van der Waals surface area contributed by atoms with E-state index in [1.54, 1.807) is 23.1 Å². The number of pyridine rings is 2. The van der Waals surface area contributed by atoms with Crippen LogP contribution in [-0.4, -0.2) is 61.2 Å². The zero-order valence-corrected chi connectivity index (χ0v) is 16.5. The van der Waals surface area contributed by atoms with Crippen molar-refractivity contribution >= 4 is 22.8 Å². The molecular weight excluding hydrogens is 408 g/mol. The number of fused-ring (bicyclic) bond motifs is 2. The highest BCUT2D eigenvalue weighted by Crippen LogP contribution is 2.31. The molecule has 0 aliphatic carbocycles. The van der Waals surface area contributed by atoms with Crippen LogP contribution in [0.4, 0.5) is 0 Å². The molecule has 6 rings (SSSR count). The Morgan fingerprint density at radius 2 is 2.20 bits per heavy atom. The first-order chi connectivity index (χ1) is 14.7. The van der Waals surface area contributed by atoms with E-state index < -0.39 is 0 Å². The smallest absolute Gasteiger partial charge is 0.296 e. The Labute approximate surface area is 176 Å². The summed E-state index contributed by atoms with van der Waals surface area (Å²) in [6.07, 6.45) is 6.02. The molecule has 6 heterocycles. The maximum atomic E-state index is 6.49. The van der Waals surface area contributed by atoms with Gasteiger partial charge >= 0.3 is 0 Å². The molecule has 10 heteroatoms. The number of nitrogens with one attached hydrogen (secondary N) is 1. The normalized spacial score (nSPS) is 23.2. The van der Waals surface area contributed by atoms with Gasteiger partial charge in [0.25, 0.3) is 6.01 Å². The van der Waals surface area contributed by atoms with Crippen molar-refractivity contribution in [2.24, 2.45) is 0 Å². The van der Waals surface area contributed by atoms with E-state index in [-0.39, 0.29) is 18.3 Å². The minimum absolute atomic E-state index is 0.0512. The molecule has 3 atom stereocenters. The van der Waals surface area contributed by atoms with Crippen molar-refractivity contribution in [3.05, 3.63) is 47.9 Å². The van der Waals surface area contributed by atoms with Crippen molar-refractivity contribution in [2.75, 3.05) is 13.2 Å². The zero-order valence-electron chi connectivity index (χ0n) is 15.7. The van der Waals surface area contributed by atoms with E-state index in [0.717, 1.165) is 12.0 Å². The van der Waals surface area contributed by atoms with Gasteiger partial charge in [-0.1, -0.05) is 11.6 Å². The number of hydrogen-bond donors (Lipinski definition) is 1. The molecule has 0 amide bonds. The standard InChI is InChI=1S/C20H17ClN6O3/c21-12-8-13-19(26-20(24-13)30-15-10-29-14-4-7-28-18(14)15)25-17(12)11-2-3-16(22-9-11)27-6-1-5-23-27/h1-3,5-6,8-9,14-15,18H,4,7,10H2,(H,24,25,26)/t14-,15?,18+/m1/s1. The molecule has 0 spiro atoms. The summed E-state index contributed by atoms with van der Waals surface area (Å²) in [5.74, 6) is 0.711. The van der Waals surface area contributed by atoms with E-state index >= 15 is 0 Å². The summed E-state index contributed by atoms with van der Waals surface area (Å²) in [7, 11) is 0. The van der Waals surface area contributed by atoms with Crippen LogP contribution in [0.15, 0.2) is 42.9 Å². The molecule has 1 unspecified atom stereocenters. The molecule has 0 aromatic carbocycles. The summed E-state index contributed by atoms with van der Waals surface area (Å²) in [4.78, 5) is 16.7. The summed E-state index contributed by atoms with van der Waals surface area (Å²) in [6.45, 7) is 1.18. The molecule has 2 aliphatic heterocycles.